The molecule has 0 aliphatic carbocycles. The highest BCUT2D eigenvalue weighted by Gasteiger charge is 2.39. The SMILES string of the molecule is CCCCC(CC)(CC(=O)c1ccc2ccccc2c1OCc1ccc(C2C=CC=N2)cc1)C(=O)O. The Hall–Kier alpha value is -3.73. The van der Waals surface area contributed by atoms with Crippen LogP contribution < -0.4 is 4.74 Å². The van der Waals surface area contributed by atoms with Gasteiger partial charge in [0.1, 0.15) is 12.4 Å². The summed E-state index contributed by atoms with van der Waals surface area (Å²) in [4.78, 5) is 30.3. The Morgan fingerprint density at radius 3 is 2.47 bits per heavy atom. The number of ketones is 1. The van der Waals surface area contributed by atoms with E-state index in [1.165, 1.54) is 0 Å². The van der Waals surface area contributed by atoms with Crippen molar-refractivity contribution in [1.29, 1.82) is 0 Å². The van der Waals surface area contributed by atoms with Crippen LogP contribution in [-0.2, 0) is 11.4 Å². The second kappa shape index (κ2) is 11.3. The van der Waals surface area contributed by atoms with Crippen molar-refractivity contribution in [3.05, 3.63) is 89.5 Å². The fourth-order valence-electron chi connectivity index (χ4n) is 4.77. The van der Waals surface area contributed by atoms with Gasteiger partial charge in [-0.15, -0.1) is 0 Å². The van der Waals surface area contributed by atoms with E-state index in [4.69, 9.17) is 4.74 Å². The fraction of sp³-hybridized carbons (Fsp3) is 0.323. The van der Waals surface area contributed by atoms with Gasteiger partial charge in [0, 0.05) is 18.0 Å². The third-order valence-corrected chi connectivity index (χ3v) is 7.15. The number of benzene rings is 3. The lowest BCUT2D eigenvalue weighted by Gasteiger charge is -2.28. The molecule has 2 unspecified atom stereocenters. The minimum atomic E-state index is -1.07. The van der Waals surface area contributed by atoms with Crippen LogP contribution in [0.2, 0.25) is 0 Å². The number of nitrogens with zero attached hydrogens (tertiary/aromatic N) is 1. The van der Waals surface area contributed by atoms with Gasteiger partial charge in [-0.05, 0) is 41.5 Å². The lowest BCUT2D eigenvalue weighted by Crippen LogP contribution is -2.33. The number of hydrogen-bond donors (Lipinski definition) is 1. The van der Waals surface area contributed by atoms with Crippen LogP contribution >= 0.6 is 0 Å². The maximum absolute atomic E-state index is 13.6. The molecule has 36 heavy (non-hydrogen) atoms. The van der Waals surface area contributed by atoms with Crippen molar-refractivity contribution in [1.82, 2.24) is 0 Å². The molecule has 2 atom stereocenters. The highest BCUT2D eigenvalue weighted by Crippen LogP contribution is 2.38. The van der Waals surface area contributed by atoms with Gasteiger partial charge in [-0.3, -0.25) is 14.6 Å². The van der Waals surface area contributed by atoms with E-state index in [0.717, 1.165) is 34.7 Å². The number of carboxylic acid groups (broad SMARTS) is 1. The van der Waals surface area contributed by atoms with Gasteiger partial charge in [-0.1, -0.05) is 87.4 Å². The number of aliphatic imine (C=N–C) groups is 1. The number of ether oxygens (including phenoxy) is 1. The number of fused-ring (bicyclic) bond motifs is 1. The Morgan fingerprint density at radius 1 is 1.03 bits per heavy atom. The molecule has 1 heterocycles. The standard InChI is InChI=1S/C31H33NO4/c1-3-5-18-31(4-2,30(34)35)20-28(33)26-17-16-23-9-6-7-10-25(23)29(26)36-21-22-12-14-24(15-13-22)27-11-8-19-32-27/h6-17,19,27H,3-5,18,20-21H2,1-2H3,(H,34,35). The first kappa shape index (κ1) is 25.4. The van der Waals surface area contributed by atoms with E-state index in [1.54, 1.807) is 12.3 Å². The van der Waals surface area contributed by atoms with Gasteiger partial charge in [0.25, 0.3) is 0 Å². The maximum atomic E-state index is 13.6. The van der Waals surface area contributed by atoms with Gasteiger partial charge in [-0.2, -0.15) is 0 Å². The summed E-state index contributed by atoms with van der Waals surface area (Å²) in [6.45, 7) is 4.18. The summed E-state index contributed by atoms with van der Waals surface area (Å²) in [5.74, 6) is -0.592. The molecule has 0 aromatic heterocycles. The largest absolute Gasteiger partial charge is 0.487 e. The van der Waals surface area contributed by atoms with E-state index >= 15 is 0 Å². The van der Waals surface area contributed by atoms with E-state index in [1.807, 2.05) is 80.6 Å². The predicted octanol–water partition coefficient (Wildman–Crippen LogP) is 7.34. The van der Waals surface area contributed by atoms with Crippen LogP contribution in [0.5, 0.6) is 5.75 Å². The number of unbranched alkanes of at least 4 members (excludes halogenated alkanes) is 1. The summed E-state index contributed by atoms with van der Waals surface area (Å²) in [6, 6.07) is 19.6. The molecular weight excluding hydrogens is 450 g/mol. The summed E-state index contributed by atoms with van der Waals surface area (Å²) in [5.41, 5.74) is 1.46. The van der Waals surface area contributed by atoms with Crippen LogP contribution in [-0.4, -0.2) is 23.1 Å². The molecule has 0 spiro atoms. The van der Waals surface area contributed by atoms with E-state index in [9.17, 15) is 14.7 Å². The molecule has 0 saturated heterocycles. The van der Waals surface area contributed by atoms with Crippen LogP contribution in [0.1, 0.15) is 73.5 Å². The molecule has 1 aliphatic rings. The van der Waals surface area contributed by atoms with Gasteiger partial charge in [0.15, 0.2) is 5.78 Å². The molecule has 1 aliphatic heterocycles. The molecule has 0 saturated carbocycles. The number of carboxylic acids is 1. The van der Waals surface area contributed by atoms with E-state index in [2.05, 4.69) is 4.99 Å². The van der Waals surface area contributed by atoms with Crippen molar-refractivity contribution in [3.63, 3.8) is 0 Å². The molecule has 186 valence electrons. The van der Waals surface area contributed by atoms with E-state index in [0.29, 0.717) is 30.8 Å². The molecule has 3 aromatic rings. The van der Waals surface area contributed by atoms with Crippen molar-refractivity contribution >= 4 is 28.7 Å². The van der Waals surface area contributed by atoms with Gasteiger partial charge < -0.3 is 9.84 Å². The number of carbonyl (C=O) groups is 2. The van der Waals surface area contributed by atoms with Gasteiger partial charge >= 0.3 is 5.97 Å². The predicted molar refractivity (Wildman–Crippen MR) is 144 cm³/mol. The van der Waals surface area contributed by atoms with Crippen LogP contribution in [0.25, 0.3) is 10.8 Å². The molecule has 3 aromatic carbocycles. The average Bonchev–Trinajstić information content (AvgIpc) is 3.45. The first-order chi connectivity index (χ1) is 17.5. The second-order valence-corrected chi connectivity index (χ2v) is 9.46. The van der Waals surface area contributed by atoms with Crippen molar-refractivity contribution < 1.29 is 19.4 Å². The Morgan fingerprint density at radius 2 is 1.81 bits per heavy atom. The number of allylic oxidation sites excluding steroid dienone is 1. The molecule has 0 bridgehead atoms. The van der Waals surface area contributed by atoms with Crippen molar-refractivity contribution in [2.24, 2.45) is 10.4 Å². The quantitative estimate of drug-likeness (QED) is 0.273. The zero-order chi connectivity index (χ0) is 25.5. The molecule has 0 amide bonds. The second-order valence-electron chi connectivity index (χ2n) is 9.46. The van der Waals surface area contributed by atoms with Gasteiger partial charge in [0.05, 0.1) is 17.0 Å². The summed E-state index contributed by atoms with van der Waals surface area (Å²) in [7, 11) is 0. The smallest absolute Gasteiger partial charge is 0.310 e. The minimum absolute atomic E-state index is 0.0440. The van der Waals surface area contributed by atoms with Gasteiger partial charge in [0.2, 0.25) is 0 Å². The minimum Gasteiger partial charge on any atom is -0.487 e. The summed E-state index contributed by atoms with van der Waals surface area (Å²) in [6.07, 6.45) is 8.30. The number of carbonyl (C=O) groups excluding carboxylic acids is 1. The van der Waals surface area contributed by atoms with Crippen molar-refractivity contribution in [2.75, 3.05) is 0 Å². The molecular formula is C31H33NO4. The molecule has 1 N–H and O–H groups in total. The van der Waals surface area contributed by atoms with Crippen molar-refractivity contribution in [2.45, 2.75) is 58.6 Å². The summed E-state index contributed by atoms with van der Waals surface area (Å²) in [5, 5.41) is 11.9. The van der Waals surface area contributed by atoms with Crippen LogP contribution in [0.4, 0.5) is 0 Å². The monoisotopic (exact) mass is 483 g/mol. The number of aliphatic carboxylic acids is 1. The Kier molecular flexibility index (Phi) is 7.99. The maximum Gasteiger partial charge on any atom is 0.310 e. The highest BCUT2D eigenvalue weighted by molar-refractivity contribution is 6.06. The number of rotatable bonds is 12. The first-order valence-electron chi connectivity index (χ1n) is 12.7. The Labute approximate surface area is 212 Å². The zero-order valence-electron chi connectivity index (χ0n) is 20.9. The highest BCUT2D eigenvalue weighted by atomic mass is 16.5. The number of hydrogen-bond acceptors (Lipinski definition) is 4. The number of Topliss-reactive ketones (excluding diaryl/α,β-unsaturated/α-hetero) is 1. The zero-order valence-corrected chi connectivity index (χ0v) is 20.9. The van der Waals surface area contributed by atoms with E-state index < -0.39 is 11.4 Å². The van der Waals surface area contributed by atoms with E-state index in [-0.39, 0.29) is 18.2 Å². The van der Waals surface area contributed by atoms with Crippen LogP contribution in [0.15, 0.2) is 77.8 Å². The summed E-state index contributed by atoms with van der Waals surface area (Å²) >= 11 is 0. The summed E-state index contributed by atoms with van der Waals surface area (Å²) < 4.78 is 6.30. The molecule has 5 heteroatoms. The average molecular weight is 484 g/mol. The van der Waals surface area contributed by atoms with Crippen LogP contribution in [0.3, 0.4) is 0 Å². The molecule has 5 nitrogen and oxygen atoms in total. The lowest BCUT2D eigenvalue weighted by molar-refractivity contribution is -0.149. The lowest BCUT2D eigenvalue weighted by atomic mass is 9.75. The normalized spacial score (nSPS) is 16.2. The molecule has 4 rings (SSSR count). The first-order valence-corrected chi connectivity index (χ1v) is 12.7. The molecule has 0 fully saturated rings. The third kappa shape index (κ3) is 5.40. The Balaban J connectivity index is 1.61. The van der Waals surface area contributed by atoms with Crippen LogP contribution in [0, 0.1) is 5.41 Å². The molecule has 0 radical (unpaired) electrons. The van der Waals surface area contributed by atoms with Gasteiger partial charge in [-0.25, -0.2) is 0 Å². The Bertz CT molecular complexity index is 1280. The van der Waals surface area contributed by atoms with Crippen molar-refractivity contribution in [3.8, 4) is 5.75 Å². The third-order valence-electron chi connectivity index (χ3n) is 7.15. The topological polar surface area (TPSA) is 76.0 Å². The fourth-order valence-corrected chi connectivity index (χ4v) is 4.77.